The van der Waals surface area contributed by atoms with Crippen molar-refractivity contribution in [3.05, 3.63) is 72.9 Å². The Kier molecular flexibility index (Phi) is 18.7. The van der Waals surface area contributed by atoms with E-state index in [2.05, 4.69) is 85.2 Å². The normalized spacial score (nSPS) is 14.0. The Morgan fingerprint density at radius 2 is 1.04 bits per heavy atom. The van der Waals surface area contributed by atoms with Crippen molar-refractivity contribution in [1.82, 2.24) is 5.32 Å². The summed E-state index contributed by atoms with van der Waals surface area (Å²) in [7, 11) is 0. The number of amides is 1. The summed E-state index contributed by atoms with van der Waals surface area (Å²) in [6.45, 7) is 6.77. The first-order valence-corrected chi connectivity index (χ1v) is 10.4. The van der Waals surface area contributed by atoms with E-state index in [4.69, 9.17) is 0 Å². The molecule has 0 saturated heterocycles. The van der Waals surface area contributed by atoms with Crippen LogP contribution >= 0.6 is 0 Å². The zero-order chi connectivity index (χ0) is 20.0. The first-order valence-electron chi connectivity index (χ1n) is 10.4. The maximum Gasteiger partial charge on any atom is 0.223 e. The molecule has 0 rings (SSSR count). The van der Waals surface area contributed by atoms with E-state index in [1.807, 2.05) is 13.8 Å². The highest BCUT2D eigenvalue weighted by Gasteiger charge is 2.08. The highest BCUT2D eigenvalue weighted by molar-refractivity contribution is 5.78. The molecule has 0 heterocycles. The lowest BCUT2D eigenvalue weighted by atomic mass is 10.1. The van der Waals surface area contributed by atoms with Crippen molar-refractivity contribution in [3.63, 3.8) is 0 Å². The van der Waals surface area contributed by atoms with Crippen LogP contribution in [0.15, 0.2) is 72.9 Å². The third-order valence-electron chi connectivity index (χ3n) is 3.88. The second-order valence-corrected chi connectivity index (χ2v) is 6.45. The topological polar surface area (TPSA) is 29.1 Å². The molecule has 0 aromatic rings. The van der Waals surface area contributed by atoms with Gasteiger partial charge in [-0.2, -0.15) is 0 Å². The SMILES string of the molecule is CC/C=C\C/C=C\C/C=C\C/C=C\C/C=C\C/C=C\CC(C)C(=O)NCC. The van der Waals surface area contributed by atoms with Crippen LogP contribution in [0.3, 0.4) is 0 Å². The van der Waals surface area contributed by atoms with Gasteiger partial charge in [-0.25, -0.2) is 0 Å². The highest BCUT2D eigenvalue weighted by atomic mass is 16.1. The van der Waals surface area contributed by atoms with Gasteiger partial charge in [0.15, 0.2) is 0 Å². The van der Waals surface area contributed by atoms with Gasteiger partial charge in [0.1, 0.15) is 0 Å². The minimum atomic E-state index is 0.0505. The van der Waals surface area contributed by atoms with Crippen molar-refractivity contribution >= 4 is 5.91 Å². The fourth-order valence-corrected chi connectivity index (χ4v) is 2.28. The minimum Gasteiger partial charge on any atom is -0.356 e. The molecule has 1 amide bonds. The molecule has 150 valence electrons. The summed E-state index contributed by atoms with van der Waals surface area (Å²) in [6, 6.07) is 0. The van der Waals surface area contributed by atoms with Gasteiger partial charge in [0, 0.05) is 12.5 Å². The smallest absolute Gasteiger partial charge is 0.223 e. The molecule has 0 bridgehead atoms. The fourth-order valence-electron chi connectivity index (χ4n) is 2.28. The molecular formula is C25H39NO. The molecule has 1 N–H and O–H groups in total. The third-order valence-corrected chi connectivity index (χ3v) is 3.88. The van der Waals surface area contributed by atoms with Crippen LogP contribution in [0.2, 0.25) is 0 Å². The summed E-state index contributed by atoms with van der Waals surface area (Å²) < 4.78 is 0. The number of rotatable bonds is 15. The van der Waals surface area contributed by atoms with E-state index in [0.29, 0.717) is 6.54 Å². The van der Waals surface area contributed by atoms with Gasteiger partial charge < -0.3 is 5.32 Å². The van der Waals surface area contributed by atoms with Crippen LogP contribution < -0.4 is 5.32 Å². The number of nitrogens with one attached hydrogen (secondary N) is 1. The molecule has 0 aromatic heterocycles. The standard InChI is InChI=1S/C25H39NO/c1-4-6-7-8-9-10-11-12-13-14-15-16-17-18-19-20-21-22-23-24(3)25(27)26-5-2/h6-7,9-10,12-13,15-16,18-19,21-22,24H,4-5,8,11,14,17,20,23H2,1-3H3,(H,26,27)/b7-6-,10-9-,13-12-,16-15-,19-18-,22-21-. The van der Waals surface area contributed by atoms with E-state index in [1.165, 1.54) is 0 Å². The third kappa shape index (κ3) is 18.5. The van der Waals surface area contributed by atoms with Gasteiger partial charge in [-0.1, -0.05) is 86.8 Å². The number of hydrogen-bond acceptors (Lipinski definition) is 1. The summed E-state index contributed by atoms with van der Waals surface area (Å²) >= 11 is 0. The number of carbonyl (C=O) groups excluding carboxylic acids is 1. The molecule has 0 aliphatic carbocycles. The van der Waals surface area contributed by atoms with Crippen molar-refractivity contribution in [2.75, 3.05) is 6.54 Å². The zero-order valence-electron chi connectivity index (χ0n) is 17.6. The zero-order valence-corrected chi connectivity index (χ0v) is 17.6. The average molecular weight is 370 g/mol. The molecule has 2 heteroatoms. The summed E-state index contributed by atoms with van der Waals surface area (Å²) in [4.78, 5) is 11.6. The molecule has 2 nitrogen and oxygen atoms in total. The molecule has 0 spiro atoms. The van der Waals surface area contributed by atoms with Crippen LogP contribution in [-0.2, 0) is 4.79 Å². The number of allylic oxidation sites excluding steroid dienone is 12. The first-order chi connectivity index (χ1) is 13.2. The van der Waals surface area contributed by atoms with Gasteiger partial charge >= 0.3 is 0 Å². The fraction of sp³-hybridized carbons (Fsp3) is 0.480. The quantitative estimate of drug-likeness (QED) is 0.314. The van der Waals surface area contributed by atoms with Crippen molar-refractivity contribution < 1.29 is 4.79 Å². The van der Waals surface area contributed by atoms with Crippen molar-refractivity contribution in [2.24, 2.45) is 5.92 Å². The van der Waals surface area contributed by atoms with Gasteiger partial charge in [0.25, 0.3) is 0 Å². The van der Waals surface area contributed by atoms with E-state index in [-0.39, 0.29) is 11.8 Å². The first kappa shape index (κ1) is 24.9. The molecule has 0 radical (unpaired) electrons. The molecule has 0 saturated carbocycles. The van der Waals surface area contributed by atoms with Gasteiger partial charge in [-0.15, -0.1) is 0 Å². The molecule has 27 heavy (non-hydrogen) atoms. The van der Waals surface area contributed by atoms with Crippen LogP contribution in [0.5, 0.6) is 0 Å². The van der Waals surface area contributed by atoms with Crippen molar-refractivity contribution in [3.8, 4) is 0 Å². The van der Waals surface area contributed by atoms with E-state index in [1.54, 1.807) is 0 Å². The van der Waals surface area contributed by atoms with Gasteiger partial charge in [0.05, 0.1) is 0 Å². The highest BCUT2D eigenvalue weighted by Crippen LogP contribution is 2.03. The van der Waals surface area contributed by atoms with Crippen molar-refractivity contribution in [2.45, 2.75) is 65.7 Å². The molecule has 0 aromatic carbocycles. The Labute approximate surface area is 167 Å². The lowest BCUT2D eigenvalue weighted by molar-refractivity contribution is -0.124. The summed E-state index contributed by atoms with van der Waals surface area (Å²) in [5, 5.41) is 2.85. The lowest BCUT2D eigenvalue weighted by Crippen LogP contribution is -2.28. The van der Waals surface area contributed by atoms with E-state index < -0.39 is 0 Å². The summed E-state index contributed by atoms with van der Waals surface area (Å²) in [5.74, 6) is 0.187. The Hall–Kier alpha value is -2.09. The average Bonchev–Trinajstić information content (AvgIpc) is 2.67. The maximum absolute atomic E-state index is 11.6. The van der Waals surface area contributed by atoms with Crippen LogP contribution in [0.25, 0.3) is 0 Å². The second-order valence-electron chi connectivity index (χ2n) is 6.45. The second kappa shape index (κ2) is 20.2. The van der Waals surface area contributed by atoms with Crippen LogP contribution in [0, 0.1) is 5.92 Å². The monoisotopic (exact) mass is 369 g/mol. The Bertz CT molecular complexity index is 520. The molecule has 1 atom stereocenters. The van der Waals surface area contributed by atoms with Crippen molar-refractivity contribution in [1.29, 1.82) is 0 Å². The Morgan fingerprint density at radius 1 is 0.667 bits per heavy atom. The minimum absolute atomic E-state index is 0.0505. The van der Waals surface area contributed by atoms with Crippen LogP contribution in [0.4, 0.5) is 0 Å². The Balaban J connectivity index is 3.65. The van der Waals surface area contributed by atoms with E-state index in [9.17, 15) is 4.79 Å². The van der Waals surface area contributed by atoms with E-state index >= 15 is 0 Å². The summed E-state index contributed by atoms with van der Waals surface area (Å²) in [6.07, 6.45) is 33.1. The Morgan fingerprint density at radius 3 is 1.41 bits per heavy atom. The lowest BCUT2D eigenvalue weighted by Gasteiger charge is -2.07. The molecule has 0 fully saturated rings. The van der Waals surface area contributed by atoms with Crippen LogP contribution in [-0.4, -0.2) is 12.5 Å². The molecule has 0 aliphatic heterocycles. The van der Waals surface area contributed by atoms with Gasteiger partial charge in [0.2, 0.25) is 5.91 Å². The largest absolute Gasteiger partial charge is 0.356 e. The summed E-state index contributed by atoms with van der Waals surface area (Å²) in [5.41, 5.74) is 0. The maximum atomic E-state index is 11.6. The number of hydrogen-bond donors (Lipinski definition) is 1. The predicted octanol–water partition coefficient (Wildman–Crippen LogP) is 6.85. The molecular weight excluding hydrogens is 330 g/mol. The van der Waals surface area contributed by atoms with Gasteiger partial charge in [-0.05, 0) is 51.9 Å². The van der Waals surface area contributed by atoms with Gasteiger partial charge in [-0.3, -0.25) is 4.79 Å². The number of carbonyl (C=O) groups is 1. The van der Waals surface area contributed by atoms with E-state index in [0.717, 1.165) is 44.9 Å². The van der Waals surface area contributed by atoms with Crippen LogP contribution in [0.1, 0.15) is 65.7 Å². The molecule has 0 aliphatic rings. The molecule has 1 unspecified atom stereocenters. The predicted molar refractivity (Wildman–Crippen MR) is 121 cm³/mol.